The smallest absolute Gasteiger partial charge is 0.474 e. The van der Waals surface area contributed by atoms with Crippen molar-refractivity contribution >= 4 is 36.4 Å². The van der Waals surface area contributed by atoms with E-state index in [0.29, 0.717) is 17.4 Å². The third kappa shape index (κ3) is 4.51. The van der Waals surface area contributed by atoms with Crippen molar-refractivity contribution < 1.29 is 38.4 Å². The lowest BCUT2D eigenvalue weighted by molar-refractivity contribution is -0.207. The molecule has 0 spiro atoms. The Morgan fingerprint density at radius 2 is 2.00 bits per heavy atom. The number of hydrogen-bond donors (Lipinski definition) is 2. The summed E-state index contributed by atoms with van der Waals surface area (Å²) in [5.74, 6) is -2.39. The number of ether oxygens (including phenoxy) is 2. The van der Waals surface area contributed by atoms with Crippen LogP contribution in [0, 0.1) is 34.0 Å². The molecule has 0 aromatic heterocycles. The number of esters is 1. The Morgan fingerprint density at radius 1 is 1.29 bits per heavy atom. The van der Waals surface area contributed by atoms with E-state index in [4.69, 9.17) is 9.47 Å². The van der Waals surface area contributed by atoms with Gasteiger partial charge >= 0.3 is 13.0 Å². The van der Waals surface area contributed by atoms with Crippen LogP contribution in [0.1, 0.15) is 65.9 Å². The van der Waals surface area contributed by atoms with E-state index in [1.54, 1.807) is 18.2 Å². The van der Waals surface area contributed by atoms with Gasteiger partial charge in [0.05, 0.1) is 12.3 Å². The van der Waals surface area contributed by atoms with Gasteiger partial charge in [0, 0.05) is 23.7 Å². The second-order valence-electron chi connectivity index (χ2n) is 13.2. The molecule has 9 nitrogen and oxygen atoms in total. The molecular formula is C31H40BFN2O7. The number of benzene rings is 1. The summed E-state index contributed by atoms with van der Waals surface area (Å²) in [5.41, 5.74) is -1.45. The molecule has 0 radical (unpaired) electrons. The fourth-order valence-corrected chi connectivity index (χ4v) is 8.34. The lowest BCUT2D eigenvalue weighted by atomic mass is 9.44. The van der Waals surface area contributed by atoms with E-state index in [1.807, 2.05) is 27.7 Å². The molecule has 3 saturated carbocycles. The highest BCUT2D eigenvalue weighted by Gasteiger charge is 2.70. The zero-order valence-corrected chi connectivity index (χ0v) is 24.9. The van der Waals surface area contributed by atoms with E-state index in [0.717, 1.165) is 11.3 Å². The summed E-state index contributed by atoms with van der Waals surface area (Å²) < 4.78 is 27.2. The first kappa shape index (κ1) is 30.4. The summed E-state index contributed by atoms with van der Waals surface area (Å²) in [4.78, 5) is 39.6. The molecule has 1 aliphatic heterocycles. The van der Waals surface area contributed by atoms with Gasteiger partial charge in [0.15, 0.2) is 18.6 Å². The third-order valence-electron chi connectivity index (χ3n) is 11.1. The van der Waals surface area contributed by atoms with Crippen LogP contribution in [-0.2, 0) is 19.1 Å². The van der Waals surface area contributed by atoms with Crippen molar-refractivity contribution in [1.29, 1.82) is 0 Å². The summed E-state index contributed by atoms with van der Waals surface area (Å²) >= 11 is 0. The first-order valence-corrected chi connectivity index (χ1v) is 14.7. The van der Waals surface area contributed by atoms with E-state index in [9.17, 15) is 24.5 Å². The molecule has 2 N–H and O–H groups in total. The second-order valence-corrected chi connectivity index (χ2v) is 13.2. The Morgan fingerprint density at radius 3 is 2.67 bits per heavy atom. The Balaban J connectivity index is 1.42. The summed E-state index contributed by atoms with van der Waals surface area (Å²) in [6.07, 6.45) is 1.42. The highest BCUT2D eigenvalue weighted by molar-refractivity contribution is 6.67. The van der Waals surface area contributed by atoms with Gasteiger partial charge in [-0.3, -0.25) is 9.59 Å². The highest BCUT2D eigenvalue weighted by atomic mass is 19.1. The molecule has 42 heavy (non-hydrogen) atoms. The van der Waals surface area contributed by atoms with Gasteiger partial charge in [0.25, 0.3) is 0 Å². The van der Waals surface area contributed by atoms with Crippen LogP contribution < -0.4 is 10.2 Å². The minimum Gasteiger partial charge on any atom is -0.482 e. The lowest BCUT2D eigenvalue weighted by Gasteiger charge is -2.61. The maximum atomic E-state index is 15.3. The predicted octanol–water partition coefficient (Wildman–Crippen LogP) is 2.80. The average Bonchev–Trinajstić information content (AvgIpc) is 3.23. The minimum atomic E-state index is -1.62. The van der Waals surface area contributed by atoms with Crippen molar-refractivity contribution in [3.05, 3.63) is 36.4 Å². The molecule has 2 bridgehead atoms. The van der Waals surface area contributed by atoms with Crippen LogP contribution in [0.4, 0.5) is 4.39 Å². The standard InChI is InChI=1S/C31H40BFN2O7/c1-7-29(5)14-24(30(6)17(2)10-11-31(18(3)28(29)39)13-23(33)26(38)27(30)31)42-25(37)16-41-21-9-8-20-15-34-35(19(4)36)32(40)22(20)12-21/h7-9,12,15,17-18,23-24,27-28,39-40H,1,10-11,13-14,16H2,2-6H3/t17-,18-,23-,24+,27-,28-,29+,30-,31-/m0/s1. The molecule has 3 aliphatic carbocycles. The summed E-state index contributed by atoms with van der Waals surface area (Å²) in [6.45, 7) is 12.6. The van der Waals surface area contributed by atoms with Crippen molar-refractivity contribution in [1.82, 2.24) is 4.92 Å². The van der Waals surface area contributed by atoms with Gasteiger partial charge in [-0.05, 0) is 66.1 Å². The largest absolute Gasteiger partial charge is 0.482 e. The summed E-state index contributed by atoms with van der Waals surface area (Å²) in [5, 5.41) is 26.2. The number of nitrogens with zero attached hydrogens (tertiary/aromatic N) is 2. The van der Waals surface area contributed by atoms with E-state index in [1.165, 1.54) is 19.2 Å². The van der Waals surface area contributed by atoms with Gasteiger partial charge in [-0.2, -0.15) is 5.10 Å². The molecule has 1 amide bonds. The number of ketones is 1. The average molecular weight is 582 g/mol. The topological polar surface area (TPSA) is 126 Å². The quantitative estimate of drug-likeness (QED) is 0.311. The van der Waals surface area contributed by atoms with E-state index >= 15 is 4.39 Å². The molecule has 0 saturated heterocycles. The van der Waals surface area contributed by atoms with Crippen LogP contribution in [0.2, 0.25) is 0 Å². The van der Waals surface area contributed by atoms with Crippen LogP contribution in [0.15, 0.2) is 36.0 Å². The van der Waals surface area contributed by atoms with Crippen molar-refractivity contribution in [3.8, 4) is 5.75 Å². The van der Waals surface area contributed by atoms with Gasteiger partial charge in [-0.15, -0.1) is 6.58 Å². The number of amides is 1. The fraction of sp³-hybridized carbons (Fsp3) is 0.613. The number of rotatable bonds is 5. The van der Waals surface area contributed by atoms with Crippen LogP contribution in [0.5, 0.6) is 5.75 Å². The third-order valence-corrected chi connectivity index (χ3v) is 11.1. The maximum absolute atomic E-state index is 15.3. The molecule has 1 aromatic carbocycles. The number of aliphatic hydroxyl groups is 1. The zero-order valence-electron chi connectivity index (χ0n) is 24.9. The van der Waals surface area contributed by atoms with E-state index < -0.39 is 71.9 Å². The van der Waals surface area contributed by atoms with Gasteiger partial charge in [-0.1, -0.05) is 39.8 Å². The Labute approximate surface area is 246 Å². The Hall–Kier alpha value is -3.05. The number of hydrazone groups is 1. The van der Waals surface area contributed by atoms with Crippen molar-refractivity contribution in [2.24, 2.45) is 39.1 Å². The Bertz CT molecular complexity index is 1340. The fourth-order valence-electron chi connectivity index (χ4n) is 8.34. The number of aliphatic hydroxyl groups excluding tert-OH is 1. The molecule has 4 aliphatic rings. The van der Waals surface area contributed by atoms with Gasteiger partial charge in [-0.25, -0.2) is 14.1 Å². The minimum absolute atomic E-state index is 0.0480. The zero-order chi connectivity index (χ0) is 30.8. The molecule has 1 aromatic rings. The number of carbonyl (C=O) groups is 3. The number of hydrogen-bond acceptors (Lipinski definition) is 8. The second kappa shape index (κ2) is 10.6. The lowest BCUT2D eigenvalue weighted by Crippen LogP contribution is -2.63. The van der Waals surface area contributed by atoms with Crippen LogP contribution in [0.25, 0.3) is 0 Å². The molecule has 5 rings (SSSR count). The summed E-state index contributed by atoms with van der Waals surface area (Å²) in [6, 6.07) is 4.82. The van der Waals surface area contributed by atoms with Gasteiger partial charge in [0.2, 0.25) is 5.91 Å². The van der Waals surface area contributed by atoms with Crippen molar-refractivity contribution in [2.45, 2.75) is 78.7 Å². The van der Waals surface area contributed by atoms with E-state index in [2.05, 4.69) is 11.7 Å². The molecule has 11 heteroatoms. The monoisotopic (exact) mass is 582 g/mol. The van der Waals surface area contributed by atoms with Crippen molar-refractivity contribution in [3.63, 3.8) is 0 Å². The molecule has 1 heterocycles. The van der Waals surface area contributed by atoms with Crippen molar-refractivity contribution in [2.75, 3.05) is 6.61 Å². The number of fused-ring (bicyclic) bond motifs is 1. The SMILES string of the molecule is C=C[C@]1(C)C[C@@H](OC(=O)COc2ccc3c(c2)B(O)N(C(C)=O)N=C3)[C@@]2(C)[C@@H]3C(=O)[C@@H](F)C[C@@]3(CC[C@@H]2C)[C@@H](C)[C@@H]1O. The molecule has 3 fully saturated rings. The number of halogens is 1. The number of carbonyl (C=O) groups excluding carboxylic acids is 3. The summed E-state index contributed by atoms with van der Waals surface area (Å²) in [7, 11) is -1.30. The molecule has 226 valence electrons. The molecule has 0 unspecified atom stereocenters. The maximum Gasteiger partial charge on any atom is 0.474 e. The Kier molecular flexibility index (Phi) is 7.67. The van der Waals surface area contributed by atoms with Crippen LogP contribution in [-0.4, -0.2) is 71.0 Å². The van der Waals surface area contributed by atoms with Crippen LogP contribution in [0.3, 0.4) is 0 Å². The molecule has 9 atom stereocenters. The first-order chi connectivity index (χ1) is 19.7. The normalized spacial score (nSPS) is 39.1. The van der Waals surface area contributed by atoms with E-state index in [-0.39, 0.29) is 30.4 Å². The van der Waals surface area contributed by atoms with Gasteiger partial charge in [0.1, 0.15) is 11.9 Å². The first-order valence-electron chi connectivity index (χ1n) is 14.7. The molecular weight excluding hydrogens is 542 g/mol. The highest BCUT2D eigenvalue weighted by Crippen LogP contribution is 2.68. The number of Topliss-reactive ketones (excluding diaryl/α,β-unsaturated/α-hetero) is 1. The predicted molar refractivity (Wildman–Crippen MR) is 155 cm³/mol. The van der Waals surface area contributed by atoms with Crippen LogP contribution >= 0.6 is 0 Å². The van der Waals surface area contributed by atoms with Gasteiger partial charge < -0.3 is 19.6 Å². The number of alkyl halides is 1.